The number of rotatable bonds is 5. The fraction of sp³-hybridized carbons (Fsp3) is 0.200. The van der Waals surface area contributed by atoms with Gasteiger partial charge in [0, 0.05) is 24.9 Å². The molecule has 138 valence electrons. The zero-order chi connectivity index (χ0) is 19.2. The van der Waals surface area contributed by atoms with E-state index in [-0.39, 0.29) is 11.8 Å². The Hall–Kier alpha value is -3.48. The topological polar surface area (TPSA) is 96.9 Å². The molecule has 2 aromatic rings. The molecular formula is C20H19N3O4. The van der Waals surface area contributed by atoms with Crippen molar-refractivity contribution in [3.63, 3.8) is 0 Å². The summed E-state index contributed by atoms with van der Waals surface area (Å²) in [7, 11) is 0. The highest BCUT2D eigenvalue weighted by Gasteiger charge is 2.40. The molecule has 27 heavy (non-hydrogen) atoms. The third-order valence-electron chi connectivity index (χ3n) is 4.24. The molecule has 0 bridgehead atoms. The number of carbonyl (C=O) groups excluding carboxylic acids is 3. The maximum atomic E-state index is 12.5. The van der Waals surface area contributed by atoms with Crippen molar-refractivity contribution >= 4 is 24.0 Å². The quantitative estimate of drug-likeness (QED) is 0.276. The van der Waals surface area contributed by atoms with Crippen molar-refractivity contribution in [1.29, 1.82) is 0 Å². The highest BCUT2D eigenvalue weighted by atomic mass is 16.5. The van der Waals surface area contributed by atoms with Crippen LogP contribution in [0.3, 0.4) is 0 Å². The normalized spacial score (nSPS) is 18.9. The van der Waals surface area contributed by atoms with E-state index < -0.39 is 17.8 Å². The van der Waals surface area contributed by atoms with Gasteiger partial charge in [-0.3, -0.25) is 14.4 Å². The molecule has 2 amide bonds. The van der Waals surface area contributed by atoms with Gasteiger partial charge in [0.25, 0.3) is 5.91 Å². The van der Waals surface area contributed by atoms with Gasteiger partial charge in [-0.2, -0.15) is 5.10 Å². The van der Waals surface area contributed by atoms with Crippen molar-refractivity contribution in [1.82, 2.24) is 10.7 Å². The lowest BCUT2D eigenvalue weighted by Crippen LogP contribution is -2.34. The lowest BCUT2D eigenvalue weighted by atomic mass is 9.88. The number of benzene rings is 2. The van der Waals surface area contributed by atoms with Crippen LogP contribution >= 0.6 is 0 Å². The Balaban J connectivity index is 1.71. The van der Waals surface area contributed by atoms with Crippen molar-refractivity contribution in [3.05, 3.63) is 65.7 Å². The van der Waals surface area contributed by atoms with Crippen LogP contribution in [-0.2, 0) is 14.4 Å². The zero-order valence-corrected chi connectivity index (χ0v) is 14.7. The number of nitrogens with one attached hydrogen (secondary N) is 2. The molecule has 0 spiro atoms. The molecule has 1 aliphatic heterocycles. The lowest BCUT2D eigenvalue weighted by Gasteiger charge is -2.15. The highest BCUT2D eigenvalue weighted by molar-refractivity contribution is 6.03. The first kappa shape index (κ1) is 18.3. The predicted molar refractivity (Wildman–Crippen MR) is 99.2 cm³/mol. The van der Waals surface area contributed by atoms with Gasteiger partial charge in [-0.25, -0.2) is 5.43 Å². The van der Waals surface area contributed by atoms with Gasteiger partial charge in [0.15, 0.2) is 0 Å². The molecule has 2 aromatic carbocycles. The van der Waals surface area contributed by atoms with Crippen LogP contribution in [0.2, 0.25) is 0 Å². The molecule has 7 heteroatoms. The number of nitrogens with zero attached hydrogens (tertiary/aromatic N) is 1. The second kappa shape index (κ2) is 8.27. The molecule has 1 fully saturated rings. The molecule has 3 rings (SSSR count). The summed E-state index contributed by atoms with van der Waals surface area (Å²) in [5.41, 5.74) is 3.86. The van der Waals surface area contributed by atoms with Crippen LogP contribution in [0.15, 0.2) is 59.7 Å². The van der Waals surface area contributed by atoms with E-state index in [1.54, 1.807) is 24.3 Å². The zero-order valence-electron chi connectivity index (χ0n) is 14.7. The van der Waals surface area contributed by atoms with Gasteiger partial charge in [0.2, 0.25) is 5.91 Å². The minimum Gasteiger partial charge on any atom is -0.426 e. The van der Waals surface area contributed by atoms with Crippen molar-refractivity contribution in [2.24, 2.45) is 11.0 Å². The number of hydrazone groups is 1. The van der Waals surface area contributed by atoms with Gasteiger partial charge in [-0.05, 0) is 17.7 Å². The van der Waals surface area contributed by atoms with E-state index in [0.717, 1.165) is 5.56 Å². The summed E-state index contributed by atoms with van der Waals surface area (Å²) in [5.74, 6) is -2.02. The first-order valence-electron chi connectivity index (χ1n) is 8.49. The van der Waals surface area contributed by atoms with Crippen molar-refractivity contribution in [2.45, 2.75) is 12.8 Å². The van der Waals surface area contributed by atoms with Gasteiger partial charge in [-0.1, -0.05) is 42.5 Å². The predicted octanol–water partition coefficient (Wildman–Crippen LogP) is 1.59. The van der Waals surface area contributed by atoms with Crippen LogP contribution in [0.25, 0.3) is 0 Å². The molecule has 0 unspecified atom stereocenters. The number of esters is 1. The van der Waals surface area contributed by atoms with Gasteiger partial charge in [0.05, 0.1) is 6.21 Å². The highest BCUT2D eigenvalue weighted by Crippen LogP contribution is 2.29. The first-order chi connectivity index (χ1) is 13.1. The maximum Gasteiger partial charge on any atom is 0.308 e. The monoisotopic (exact) mass is 365 g/mol. The fourth-order valence-electron chi connectivity index (χ4n) is 3.00. The lowest BCUT2D eigenvalue weighted by molar-refractivity contribution is -0.134. The number of hydrogen-bond acceptors (Lipinski definition) is 5. The van der Waals surface area contributed by atoms with Gasteiger partial charge < -0.3 is 10.1 Å². The Morgan fingerprint density at radius 3 is 2.59 bits per heavy atom. The third kappa shape index (κ3) is 4.38. The van der Waals surface area contributed by atoms with Gasteiger partial charge in [-0.15, -0.1) is 0 Å². The molecule has 0 radical (unpaired) electrons. The molecule has 7 nitrogen and oxygen atoms in total. The summed E-state index contributed by atoms with van der Waals surface area (Å²) in [6.07, 6.45) is 1.38. The maximum absolute atomic E-state index is 12.5. The van der Waals surface area contributed by atoms with E-state index >= 15 is 0 Å². The molecule has 1 saturated heterocycles. The Morgan fingerprint density at radius 1 is 1.15 bits per heavy atom. The molecule has 1 heterocycles. The Kier molecular flexibility index (Phi) is 5.61. The largest absolute Gasteiger partial charge is 0.426 e. The smallest absolute Gasteiger partial charge is 0.308 e. The van der Waals surface area contributed by atoms with Crippen molar-refractivity contribution in [3.8, 4) is 5.75 Å². The summed E-state index contributed by atoms with van der Waals surface area (Å²) in [6.45, 7) is 1.71. The summed E-state index contributed by atoms with van der Waals surface area (Å²) < 4.78 is 5.09. The van der Waals surface area contributed by atoms with Crippen LogP contribution in [0.4, 0.5) is 0 Å². The van der Waals surface area contributed by atoms with Crippen LogP contribution in [0.5, 0.6) is 5.75 Å². The SMILES string of the molecule is CC(=O)Oc1ccccc1/C=N/NC(=O)[C@@H]1C(=O)NC[C@@H]1c1ccccc1. The summed E-state index contributed by atoms with van der Waals surface area (Å²) in [5, 5.41) is 6.65. The van der Waals surface area contributed by atoms with Crippen LogP contribution in [-0.4, -0.2) is 30.5 Å². The Morgan fingerprint density at radius 2 is 1.85 bits per heavy atom. The van der Waals surface area contributed by atoms with Crippen molar-refractivity contribution < 1.29 is 19.1 Å². The summed E-state index contributed by atoms with van der Waals surface area (Å²) in [4.78, 5) is 35.8. The van der Waals surface area contributed by atoms with E-state index in [1.165, 1.54) is 13.1 Å². The van der Waals surface area contributed by atoms with E-state index in [2.05, 4.69) is 15.8 Å². The van der Waals surface area contributed by atoms with Crippen LogP contribution in [0.1, 0.15) is 24.0 Å². The summed E-state index contributed by atoms with van der Waals surface area (Å²) >= 11 is 0. The molecule has 0 saturated carbocycles. The molecule has 0 aromatic heterocycles. The van der Waals surface area contributed by atoms with Crippen LogP contribution < -0.4 is 15.5 Å². The molecule has 0 aliphatic carbocycles. The van der Waals surface area contributed by atoms with Crippen LogP contribution in [0, 0.1) is 5.92 Å². The average Bonchev–Trinajstić information content (AvgIpc) is 3.05. The van der Waals surface area contributed by atoms with E-state index in [1.807, 2.05) is 30.3 Å². The average molecular weight is 365 g/mol. The minimum atomic E-state index is -0.853. The molecular weight excluding hydrogens is 346 g/mol. The first-order valence-corrected chi connectivity index (χ1v) is 8.49. The minimum absolute atomic E-state index is 0.248. The number of carbonyl (C=O) groups is 3. The van der Waals surface area contributed by atoms with Gasteiger partial charge in [0.1, 0.15) is 11.7 Å². The Bertz CT molecular complexity index is 880. The molecule has 2 atom stereocenters. The van der Waals surface area contributed by atoms with E-state index in [9.17, 15) is 14.4 Å². The molecule has 2 N–H and O–H groups in total. The fourth-order valence-corrected chi connectivity index (χ4v) is 3.00. The molecule has 1 aliphatic rings. The standard InChI is InChI=1S/C20H19N3O4/c1-13(24)27-17-10-6-5-9-15(17)11-22-23-20(26)18-16(12-21-19(18)25)14-7-3-2-4-8-14/h2-11,16,18H,12H2,1H3,(H,21,25)(H,23,26)/b22-11+/t16-,18+/m1/s1. The Labute approximate surface area is 156 Å². The number of amides is 2. The third-order valence-corrected chi connectivity index (χ3v) is 4.24. The second-order valence-electron chi connectivity index (χ2n) is 6.11. The van der Waals surface area contributed by atoms with Gasteiger partial charge >= 0.3 is 5.97 Å². The number of hydrogen-bond donors (Lipinski definition) is 2. The van der Waals surface area contributed by atoms with E-state index in [4.69, 9.17) is 4.74 Å². The van der Waals surface area contributed by atoms with E-state index in [0.29, 0.717) is 17.9 Å². The number of ether oxygens (including phenoxy) is 1. The second-order valence-corrected chi connectivity index (χ2v) is 6.11. The van der Waals surface area contributed by atoms with Crippen molar-refractivity contribution in [2.75, 3.05) is 6.54 Å². The number of para-hydroxylation sites is 1. The summed E-state index contributed by atoms with van der Waals surface area (Å²) in [6, 6.07) is 16.2.